The Morgan fingerprint density at radius 3 is 2.67 bits per heavy atom. The van der Waals surface area contributed by atoms with Crippen molar-refractivity contribution in [3.05, 3.63) is 64.8 Å². The highest BCUT2D eigenvalue weighted by Crippen LogP contribution is 2.41. The molecule has 0 saturated heterocycles. The van der Waals surface area contributed by atoms with E-state index in [1.54, 1.807) is 7.11 Å². The zero-order chi connectivity index (χ0) is 16.7. The van der Waals surface area contributed by atoms with Gasteiger partial charge < -0.3 is 9.72 Å². The van der Waals surface area contributed by atoms with E-state index in [9.17, 15) is 5.26 Å². The van der Waals surface area contributed by atoms with Crippen LogP contribution in [0.5, 0.6) is 5.75 Å². The maximum absolute atomic E-state index is 10.0. The molecule has 1 unspecified atom stereocenters. The Balaban J connectivity index is 1.84. The number of aromatic amines is 1. The van der Waals surface area contributed by atoms with Crippen molar-refractivity contribution < 1.29 is 4.74 Å². The van der Waals surface area contributed by atoms with E-state index < -0.39 is 5.41 Å². The molecule has 0 bridgehead atoms. The molecule has 0 aliphatic heterocycles. The van der Waals surface area contributed by atoms with Gasteiger partial charge >= 0.3 is 0 Å². The minimum atomic E-state index is -0.446. The molecule has 0 saturated carbocycles. The van der Waals surface area contributed by atoms with E-state index >= 15 is 0 Å². The molecule has 0 fully saturated rings. The number of fused-ring (bicyclic) bond motifs is 3. The van der Waals surface area contributed by atoms with Crippen LogP contribution in [0.1, 0.15) is 28.8 Å². The number of hydrogen-bond acceptors (Lipinski definition) is 2. The second-order valence-corrected chi connectivity index (χ2v) is 6.73. The summed E-state index contributed by atoms with van der Waals surface area (Å²) >= 11 is 0. The first-order valence-corrected chi connectivity index (χ1v) is 8.31. The SMILES string of the molecule is COc1ccc2[nH]c3c(c2c1)CC(C#N)(c1ccc(C)cc1)CC3. The third-order valence-electron chi connectivity index (χ3n) is 5.30. The fourth-order valence-corrected chi connectivity index (χ4v) is 3.83. The predicted molar refractivity (Wildman–Crippen MR) is 95.3 cm³/mol. The lowest BCUT2D eigenvalue weighted by molar-refractivity contribution is 0.415. The molecule has 2 aromatic carbocycles. The summed E-state index contributed by atoms with van der Waals surface area (Å²) in [5.74, 6) is 0.854. The van der Waals surface area contributed by atoms with E-state index in [1.165, 1.54) is 22.2 Å². The number of aryl methyl sites for hydroxylation is 2. The quantitative estimate of drug-likeness (QED) is 0.760. The summed E-state index contributed by atoms with van der Waals surface area (Å²) in [5, 5.41) is 11.2. The number of H-pyrrole nitrogens is 1. The molecular weight excluding hydrogens is 296 g/mol. The lowest BCUT2D eigenvalue weighted by atomic mass is 9.69. The molecule has 1 aromatic heterocycles. The average molecular weight is 316 g/mol. The lowest BCUT2D eigenvalue weighted by Gasteiger charge is -2.31. The van der Waals surface area contributed by atoms with Crippen molar-refractivity contribution in [3.63, 3.8) is 0 Å². The maximum atomic E-state index is 10.0. The van der Waals surface area contributed by atoms with Gasteiger partial charge in [-0.1, -0.05) is 29.8 Å². The molecule has 0 radical (unpaired) electrons. The summed E-state index contributed by atoms with van der Waals surface area (Å²) < 4.78 is 5.38. The van der Waals surface area contributed by atoms with Gasteiger partial charge in [0.25, 0.3) is 0 Å². The van der Waals surface area contributed by atoms with Crippen LogP contribution < -0.4 is 4.74 Å². The molecule has 3 heteroatoms. The molecular formula is C21H20N2O. The molecule has 24 heavy (non-hydrogen) atoms. The number of benzene rings is 2. The Labute approximate surface area is 141 Å². The van der Waals surface area contributed by atoms with E-state index in [0.29, 0.717) is 0 Å². The van der Waals surface area contributed by atoms with Crippen LogP contribution in [-0.2, 0) is 18.3 Å². The third-order valence-corrected chi connectivity index (χ3v) is 5.30. The zero-order valence-electron chi connectivity index (χ0n) is 14.0. The number of nitrogens with one attached hydrogen (secondary N) is 1. The van der Waals surface area contributed by atoms with Gasteiger partial charge in [-0.05, 0) is 55.5 Å². The molecule has 0 spiro atoms. The van der Waals surface area contributed by atoms with Crippen molar-refractivity contribution in [1.29, 1.82) is 5.26 Å². The molecule has 1 atom stereocenters. The molecule has 3 aromatic rings. The molecule has 1 N–H and O–H groups in total. The summed E-state index contributed by atoms with van der Waals surface area (Å²) in [6.07, 6.45) is 2.49. The van der Waals surface area contributed by atoms with Gasteiger partial charge in [-0.25, -0.2) is 0 Å². The van der Waals surface area contributed by atoms with Crippen molar-refractivity contribution >= 4 is 10.9 Å². The largest absolute Gasteiger partial charge is 0.497 e. The standard InChI is InChI=1S/C21H20N2O/c1-14-3-5-15(6-4-14)21(13-22)10-9-20-18(12-21)17-11-16(24-2)7-8-19(17)23-20/h3-8,11,23H,9-10,12H2,1-2H3. The minimum absolute atomic E-state index is 0.446. The Hall–Kier alpha value is -2.73. The number of nitriles is 1. The van der Waals surface area contributed by atoms with Crippen LogP contribution in [0.25, 0.3) is 10.9 Å². The van der Waals surface area contributed by atoms with E-state index in [2.05, 4.69) is 54.4 Å². The summed E-state index contributed by atoms with van der Waals surface area (Å²) in [4.78, 5) is 3.52. The molecule has 120 valence electrons. The van der Waals surface area contributed by atoms with Gasteiger partial charge in [-0.3, -0.25) is 0 Å². The van der Waals surface area contributed by atoms with Crippen LogP contribution in [-0.4, -0.2) is 12.1 Å². The molecule has 4 rings (SSSR count). The van der Waals surface area contributed by atoms with Crippen LogP contribution in [0, 0.1) is 18.3 Å². The van der Waals surface area contributed by atoms with Crippen molar-refractivity contribution in [2.75, 3.05) is 7.11 Å². The zero-order valence-corrected chi connectivity index (χ0v) is 14.0. The van der Waals surface area contributed by atoms with Crippen molar-refractivity contribution in [1.82, 2.24) is 4.98 Å². The van der Waals surface area contributed by atoms with Gasteiger partial charge in [-0.15, -0.1) is 0 Å². The number of aromatic nitrogens is 1. The fraction of sp³-hybridized carbons (Fsp3) is 0.286. The highest BCUT2D eigenvalue weighted by atomic mass is 16.5. The fourth-order valence-electron chi connectivity index (χ4n) is 3.83. The molecule has 1 aliphatic rings. The van der Waals surface area contributed by atoms with E-state index in [1.807, 2.05) is 6.07 Å². The van der Waals surface area contributed by atoms with Crippen molar-refractivity contribution in [3.8, 4) is 11.8 Å². The van der Waals surface area contributed by atoms with Crippen molar-refractivity contribution in [2.45, 2.75) is 31.6 Å². The van der Waals surface area contributed by atoms with Crippen LogP contribution >= 0.6 is 0 Å². The third kappa shape index (κ3) is 2.18. The smallest absolute Gasteiger partial charge is 0.119 e. The van der Waals surface area contributed by atoms with Gasteiger partial charge in [0.2, 0.25) is 0 Å². The van der Waals surface area contributed by atoms with Crippen molar-refractivity contribution in [2.24, 2.45) is 0 Å². The van der Waals surface area contributed by atoms with Gasteiger partial charge in [0.05, 0.1) is 18.6 Å². The van der Waals surface area contributed by atoms with E-state index in [4.69, 9.17) is 4.74 Å². The topological polar surface area (TPSA) is 48.8 Å². The Bertz CT molecular complexity index is 946. The Morgan fingerprint density at radius 2 is 1.96 bits per heavy atom. The Morgan fingerprint density at radius 1 is 1.17 bits per heavy atom. The molecule has 0 amide bonds. The number of ether oxygens (including phenoxy) is 1. The highest BCUT2D eigenvalue weighted by molar-refractivity contribution is 5.86. The first-order chi connectivity index (χ1) is 11.6. The number of methoxy groups -OCH3 is 1. The molecule has 1 aliphatic carbocycles. The van der Waals surface area contributed by atoms with Gasteiger partial charge in [-0.2, -0.15) is 5.26 Å². The average Bonchev–Trinajstić information content (AvgIpc) is 2.98. The van der Waals surface area contributed by atoms with Gasteiger partial charge in [0.1, 0.15) is 5.75 Å². The van der Waals surface area contributed by atoms with Crippen LogP contribution in [0.2, 0.25) is 0 Å². The monoisotopic (exact) mass is 316 g/mol. The predicted octanol–water partition coefficient (Wildman–Crippen LogP) is 4.44. The number of rotatable bonds is 2. The second-order valence-electron chi connectivity index (χ2n) is 6.73. The summed E-state index contributed by atoms with van der Waals surface area (Å²) in [5.41, 5.74) is 5.55. The van der Waals surface area contributed by atoms with Gasteiger partial charge in [0.15, 0.2) is 0 Å². The normalized spacial score (nSPS) is 19.7. The highest BCUT2D eigenvalue weighted by Gasteiger charge is 2.38. The summed E-state index contributed by atoms with van der Waals surface area (Å²) in [6.45, 7) is 2.08. The number of hydrogen-bond donors (Lipinski definition) is 1. The van der Waals surface area contributed by atoms with Crippen LogP contribution in [0.3, 0.4) is 0 Å². The Kier molecular flexibility index (Phi) is 3.35. The second kappa shape index (κ2) is 5.42. The van der Waals surface area contributed by atoms with Crippen LogP contribution in [0.4, 0.5) is 0 Å². The number of nitrogens with zero attached hydrogens (tertiary/aromatic N) is 1. The van der Waals surface area contributed by atoms with E-state index in [0.717, 1.165) is 36.1 Å². The molecule has 3 nitrogen and oxygen atoms in total. The minimum Gasteiger partial charge on any atom is -0.497 e. The maximum Gasteiger partial charge on any atom is 0.119 e. The van der Waals surface area contributed by atoms with Crippen LogP contribution in [0.15, 0.2) is 42.5 Å². The molecule has 1 heterocycles. The van der Waals surface area contributed by atoms with Gasteiger partial charge in [0, 0.05) is 16.6 Å². The first kappa shape index (κ1) is 14.8. The first-order valence-electron chi connectivity index (χ1n) is 8.31. The summed E-state index contributed by atoms with van der Waals surface area (Å²) in [6, 6.07) is 17.2. The summed E-state index contributed by atoms with van der Waals surface area (Å²) in [7, 11) is 1.69. The lowest BCUT2D eigenvalue weighted by Crippen LogP contribution is -2.31. The van der Waals surface area contributed by atoms with E-state index in [-0.39, 0.29) is 0 Å².